The van der Waals surface area contributed by atoms with Crippen LogP contribution < -0.4 is 35.2 Å². The first-order valence-electron chi connectivity index (χ1n) is 37.1. The Morgan fingerprint density at radius 2 is 1.54 bits per heavy atom. The number of halogens is 1. The number of Topliss-reactive ketones (excluding diaryl/α,β-unsaturated/α-hetero) is 1. The van der Waals surface area contributed by atoms with E-state index < -0.39 is 167 Å². The minimum atomic E-state index is -2.25. The topological polar surface area (TPSA) is 431 Å². The fourth-order valence-electron chi connectivity index (χ4n) is 13.8. The van der Waals surface area contributed by atoms with Crippen molar-refractivity contribution in [3.05, 3.63) is 79.6 Å². The number of aliphatic hydroxyl groups is 5. The number of nitrogens with one attached hydrogen (secondary N) is 3. The molecule has 0 aromatic heterocycles. The van der Waals surface area contributed by atoms with Gasteiger partial charge in [0, 0.05) is 81.4 Å². The summed E-state index contributed by atoms with van der Waals surface area (Å²) in [5, 5.41) is 65.1. The molecule has 38 heteroatoms. The van der Waals surface area contributed by atoms with Crippen molar-refractivity contribution in [3.8, 4) is 46.7 Å². The molecule has 2 aromatic rings. The average molecular weight is 1780 g/mol. The molecule has 9 rings (SSSR count). The Hall–Kier alpha value is -7.01. The number of carbonyl (C=O) groups is 8. The zero-order valence-electron chi connectivity index (χ0n) is 66.0. The summed E-state index contributed by atoms with van der Waals surface area (Å²) in [7, 11) is 9.21. The monoisotopic (exact) mass is 1780 g/mol. The van der Waals surface area contributed by atoms with Gasteiger partial charge >= 0.3 is 12.1 Å². The maximum atomic E-state index is 14.6. The zero-order valence-corrected chi connectivity index (χ0v) is 70.6. The Morgan fingerprint density at radius 3 is 2.19 bits per heavy atom. The van der Waals surface area contributed by atoms with Gasteiger partial charge in [0.2, 0.25) is 29.0 Å². The number of fused-ring (bicyclic) bond motifs is 2. The number of thioether (sulfide) groups is 1. The minimum Gasteiger partial charge on any atom is -0.494 e. The van der Waals surface area contributed by atoms with Crippen molar-refractivity contribution in [2.45, 2.75) is 234 Å². The average Bonchev–Trinajstić information content (AvgIpc) is 0.827. The van der Waals surface area contributed by atoms with Crippen LogP contribution in [0.15, 0.2) is 64.4 Å². The lowest BCUT2D eigenvalue weighted by Crippen LogP contribution is -2.65. The van der Waals surface area contributed by atoms with Gasteiger partial charge in [-0.2, -0.15) is 10.6 Å². The standard InChI is InChI=1S/C77H99IN6O28S3/c1-15-83(43(7)85)47-37-104-56(34-51(47)98-10)109-69-64(93)61(82-111-57-33-48(86)71(42(6)105-57)114-72(95)58-38(2)60(78)67(70(101-13)66(58)99-11)110-73-65(94)68(100-12)63(92)41(5)107-73)40(4)106-74(69)108-50-21-18-16-17-19-30-77(97)35-49(87)62(79-75(96)102-14)59(50)46(77)29-32-113-115-76(8,9)36-52(88)81-80-39(3)44-23-25-45(26-24-44)103-31-20-22-55(91)112-84-53(89)27-28-54(84)90/h16-17,23-26,29,40-42,47-48,50-51,56-57,61,63-65,68-69,71,73-74,82,86,92-94,97H,15,20,22,27-28,31-37H2,1-14H3,(H,79,96)(H,81,88)/b17-16-,46-29+,80-39+/t40?,41?,42?,47?,48?,50-,51?,56?,57?,61?,63?,64?,65?,68?,69?,71?,73?,74?,77-/m0/s1. The first kappa shape index (κ1) is 91.9. The van der Waals surface area contributed by atoms with Crippen LogP contribution in [0.3, 0.4) is 0 Å². The van der Waals surface area contributed by atoms with Crippen molar-refractivity contribution in [1.82, 2.24) is 26.2 Å². The molecule has 17 unspecified atom stereocenters. The molecule has 5 heterocycles. The number of alkyl carbamates (subject to hydrolysis) is 1. The van der Waals surface area contributed by atoms with E-state index in [2.05, 4.69) is 45.0 Å². The van der Waals surface area contributed by atoms with Crippen LogP contribution in [0, 0.1) is 34.2 Å². The normalized spacial score (nSPS) is 30.3. The first-order valence-corrected chi connectivity index (χ1v) is 41.3. The molecule has 2 aromatic carbocycles. The number of likely N-dealkylation sites (N-methyl/N-ethyl adjacent to an activating group) is 1. The smallest absolute Gasteiger partial charge is 0.411 e. The van der Waals surface area contributed by atoms with Gasteiger partial charge in [-0.25, -0.2) is 15.0 Å². The lowest BCUT2D eigenvalue weighted by molar-refractivity contribution is -0.337. The van der Waals surface area contributed by atoms with Crippen LogP contribution in [0.4, 0.5) is 4.79 Å². The largest absolute Gasteiger partial charge is 0.494 e. The summed E-state index contributed by atoms with van der Waals surface area (Å²) >= 11 is 2.77. The summed E-state index contributed by atoms with van der Waals surface area (Å²) in [4.78, 5) is 117. The molecule has 2 bridgehead atoms. The summed E-state index contributed by atoms with van der Waals surface area (Å²) in [6.07, 6.45) is -16.0. The highest BCUT2D eigenvalue weighted by Gasteiger charge is 2.53. The van der Waals surface area contributed by atoms with E-state index in [0.717, 1.165) is 18.9 Å². The summed E-state index contributed by atoms with van der Waals surface area (Å²) in [5.74, 6) is 8.83. The van der Waals surface area contributed by atoms with Crippen molar-refractivity contribution in [2.75, 3.05) is 61.1 Å². The van der Waals surface area contributed by atoms with Gasteiger partial charge in [0.05, 0.1) is 116 Å². The number of hydrazone groups is 1. The number of hydrogen-bond donors (Lipinski definition) is 8. The summed E-state index contributed by atoms with van der Waals surface area (Å²) in [6.45, 7) is 15.6. The van der Waals surface area contributed by atoms with Crippen LogP contribution in [0.25, 0.3) is 0 Å². The summed E-state index contributed by atoms with van der Waals surface area (Å²) in [6, 6.07) is 5.11. The van der Waals surface area contributed by atoms with Crippen LogP contribution in [-0.4, -0.2) is 269 Å². The summed E-state index contributed by atoms with van der Waals surface area (Å²) in [5.41, 5.74) is 4.38. The number of ether oxygens (including phenoxy) is 13. The Bertz CT molecular complexity index is 4120. The number of rotatable bonds is 32. The second-order valence-corrected chi connectivity index (χ2v) is 33.6. The molecule has 5 amide bonds. The van der Waals surface area contributed by atoms with E-state index in [0.29, 0.717) is 37.8 Å². The molecule has 0 saturated carbocycles. The predicted octanol–water partition coefficient (Wildman–Crippen LogP) is 4.65. The van der Waals surface area contributed by atoms with Crippen LogP contribution in [0.2, 0.25) is 0 Å². The fourth-order valence-corrected chi connectivity index (χ4v) is 17.9. The lowest BCUT2D eigenvalue weighted by atomic mass is 9.75. The highest BCUT2D eigenvalue weighted by atomic mass is 127. The van der Waals surface area contributed by atoms with Crippen LogP contribution in [-0.2, 0) is 81.1 Å². The number of imide groups is 1. The molecule has 5 aliphatic heterocycles. The third-order valence-electron chi connectivity index (χ3n) is 19.8. The van der Waals surface area contributed by atoms with Gasteiger partial charge < -0.3 is 96.8 Å². The highest BCUT2D eigenvalue weighted by molar-refractivity contribution is 14.1. The van der Waals surface area contributed by atoms with Gasteiger partial charge in [0.1, 0.15) is 42.4 Å². The number of carbonyl (C=O) groups excluding carboxylic acids is 8. The van der Waals surface area contributed by atoms with Crippen LogP contribution in [0.1, 0.15) is 128 Å². The molecule has 115 heavy (non-hydrogen) atoms. The summed E-state index contributed by atoms with van der Waals surface area (Å²) < 4.78 is 78.2. The van der Waals surface area contributed by atoms with E-state index in [-0.39, 0.29) is 109 Å². The van der Waals surface area contributed by atoms with E-state index in [1.807, 2.05) is 43.4 Å². The SMILES string of the molecule is CCN(C(C)=O)C1COC(OC2C(O[C@H]3C#C/C=C\C#C[C@]4(O)CC(=O)C(NC(=O)OC)=C3/C4=C\CSSC(C)(C)CC(=O)N/N=C(\C)c3ccc(OCCCC(=O)ON4C(=O)CCC4=O)cc3)OC(C)C(NOC3CC(O)C(SC(=O)c4c(C)c(I)c(OC5OC(C)C(O)C(OC)C5O)c(OC)c4OC)C(C)O3)C2O)CC1OC. The van der Waals surface area contributed by atoms with Gasteiger partial charge in [-0.1, -0.05) is 63.1 Å². The molecule has 34 nitrogen and oxygen atoms in total. The van der Waals surface area contributed by atoms with E-state index in [1.165, 1.54) is 69.1 Å². The van der Waals surface area contributed by atoms with Crippen molar-refractivity contribution >= 4 is 108 Å². The number of amides is 5. The molecular weight excluding hydrogens is 1680 g/mol. The quantitative estimate of drug-likeness (QED) is 0.00939. The van der Waals surface area contributed by atoms with Crippen molar-refractivity contribution < 1.29 is 135 Å². The van der Waals surface area contributed by atoms with Gasteiger partial charge in [-0.05, 0) is 132 Å². The molecule has 5 saturated heterocycles. The van der Waals surface area contributed by atoms with Gasteiger partial charge in [0.25, 0.3) is 11.8 Å². The maximum Gasteiger partial charge on any atom is 0.411 e. The third kappa shape index (κ3) is 22.7. The van der Waals surface area contributed by atoms with Crippen molar-refractivity contribution in [1.29, 1.82) is 0 Å². The van der Waals surface area contributed by atoms with Gasteiger partial charge in [-0.3, -0.25) is 38.9 Å². The number of hydrogen-bond acceptors (Lipinski definition) is 33. The molecule has 0 radical (unpaired) electrons. The lowest BCUT2D eigenvalue weighted by Gasteiger charge is -2.47. The number of methoxy groups -OCH3 is 5. The Balaban J connectivity index is 0.901. The number of ketones is 1. The second-order valence-electron chi connectivity index (χ2n) is 28.3. The third-order valence-corrected chi connectivity index (χ3v) is 25.6. The number of allylic oxidation sites excluding steroid dienone is 3. The second kappa shape index (κ2) is 41.6. The minimum absolute atomic E-state index is 0.00105. The van der Waals surface area contributed by atoms with Crippen molar-refractivity contribution in [2.24, 2.45) is 5.10 Å². The first-order chi connectivity index (χ1) is 54.7. The Morgan fingerprint density at radius 1 is 0.843 bits per heavy atom. The highest BCUT2D eigenvalue weighted by Crippen LogP contribution is 2.50. The van der Waals surface area contributed by atoms with E-state index in [4.69, 9.17) is 71.3 Å². The fraction of sp³-hybridized carbons (Fsp3) is 0.597. The number of nitrogens with zero attached hydrogens (tertiary/aromatic N) is 3. The van der Waals surface area contributed by atoms with Crippen molar-refractivity contribution in [3.63, 3.8) is 0 Å². The Labute approximate surface area is 691 Å². The van der Waals surface area contributed by atoms with E-state index >= 15 is 0 Å². The van der Waals surface area contributed by atoms with E-state index in [1.54, 1.807) is 69.9 Å². The number of aliphatic hydroxyl groups excluding tert-OH is 4. The number of hydroxylamine groups is 3. The van der Waals surface area contributed by atoms with Gasteiger partial charge in [-0.15, -0.1) is 5.06 Å². The molecule has 5 fully saturated rings. The molecule has 0 spiro atoms. The molecule has 8 N–H and O–H groups in total. The molecule has 7 aliphatic rings. The van der Waals surface area contributed by atoms with Crippen LogP contribution in [0.5, 0.6) is 23.0 Å². The number of benzene rings is 2. The Kier molecular flexibility index (Phi) is 33.2. The van der Waals surface area contributed by atoms with Gasteiger partial charge in [0.15, 0.2) is 41.8 Å². The maximum absolute atomic E-state index is 14.6. The van der Waals surface area contributed by atoms with E-state index in [9.17, 15) is 63.9 Å². The molecular formula is C77H99IN6O28S3. The molecule has 630 valence electrons. The van der Waals surface area contributed by atoms with Crippen LogP contribution >= 0.6 is 55.9 Å². The zero-order chi connectivity index (χ0) is 83.9. The molecule has 19 atom stereocenters. The molecule has 2 aliphatic carbocycles. The predicted molar refractivity (Wildman–Crippen MR) is 423 cm³/mol.